The molecule has 0 saturated heterocycles. The highest BCUT2D eigenvalue weighted by atomic mass is 35.5. The monoisotopic (exact) mass is 289 g/mol. The first kappa shape index (κ1) is 14.7. The fraction of sp³-hybridized carbons (Fsp3) is 0.312. The van der Waals surface area contributed by atoms with E-state index < -0.39 is 0 Å². The Morgan fingerprint density at radius 2 is 1.95 bits per heavy atom. The van der Waals surface area contributed by atoms with Crippen molar-refractivity contribution in [1.82, 2.24) is 4.98 Å². The zero-order valence-corrected chi connectivity index (χ0v) is 12.6. The molecule has 0 atom stereocenters. The van der Waals surface area contributed by atoms with Crippen molar-refractivity contribution in [1.29, 1.82) is 0 Å². The summed E-state index contributed by atoms with van der Waals surface area (Å²) in [7, 11) is 0. The van der Waals surface area contributed by atoms with E-state index in [1.807, 2.05) is 6.07 Å². The van der Waals surface area contributed by atoms with Gasteiger partial charge in [-0.2, -0.15) is 0 Å². The smallest absolute Gasteiger partial charge is 0.149 e. The average Bonchev–Trinajstić information content (AvgIpc) is 2.41. The summed E-state index contributed by atoms with van der Waals surface area (Å²) in [5.74, 6) is 0.687. The van der Waals surface area contributed by atoms with Gasteiger partial charge in [0.25, 0.3) is 0 Å². The lowest BCUT2D eigenvalue weighted by molar-refractivity contribution is 0.517. The first-order chi connectivity index (χ1) is 9.46. The van der Waals surface area contributed by atoms with Crippen molar-refractivity contribution in [2.45, 2.75) is 32.2 Å². The summed E-state index contributed by atoms with van der Waals surface area (Å²) in [6.45, 7) is 4.29. The van der Waals surface area contributed by atoms with Crippen LogP contribution in [0.5, 0.6) is 0 Å². The van der Waals surface area contributed by atoms with Crippen molar-refractivity contribution >= 4 is 23.1 Å². The van der Waals surface area contributed by atoms with E-state index in [9.17, 15) is 0 Å². The van der Waals surface area contributed by atoms with Crippen LogP contribution in [0.1, 0.15) is 25.8 Å². The van der Waals surface area contributed by atoms with Crippen LogP contribution in [0.3, 0.4) is 0 Å². The van der Waals surface area contributed by atoms with Gasteiger partial charge in [-0.05, 0) is 38.3 Å². The van der Waals surface area contributed by atoms with E-state index in [2.05, 4.69) is 48.4 Å². The van der Waals surface area contributed by atoms with Gasteiger partial charge in [-0.1, -0.05) is 41.9 Å². The molecule has 0 aliphatic carbocycles. The number of rotatable bonds is 5. The minimum absolute atomic E-state index is 0.0925. The number of nitrogens with one attached hydrogen (secondary N) is 1. The number of hydrogen-bond acceptors (Lipinski definition) is 3. The second kappa shape index (κ2) is 6.14. The molecule has 0 aliphatic heterocycles. The SMILES string of the molecule is CC(C)(CCc1ccccc1)Nc1ncc(Cl)cc1N. The van der Waals surface area contributed by atoms with Crippen LogP contribution < -0.4 is 11.1 Å². The molecule has 0 saturated carbocycles. The highest BCUT2D eigenvalue weighted by Gasteiger charge is 2.19. The largest absolute Gasteiger partial charge is 0.396 e. The highest BCUT2D eigenvalue weighted by molar-refractivity contribution is 6.30. The van der Waals surface area contributed by atoms with Gasteiger partial charge in [0, 0.05) is 11.7 Å². The lowest BCUT2D eigenvalue weighted by atomic mass is 9.95. The standard InChI is InChI=1S/C16H20ClN3/c1-16(2,9-8-12-6-4-3-5-7-12)20-15-14(18)10-13(17)11-19-15/h3-7,10-11H,8-9,18H2,1-2H3,(H,19,20). The number of nitrogens with two attached hydrogens (primary N) is 1. The van der Waals surface area contributed by atoms with Crippen molar-refractivity contribution in [3.63, 3.8) is 0 Å². The van der Waals surface area contributed by atoms with Crippen LogP contribution in [0.4, 0.5) is 11.5 Å². The molecule has 0 aliphatic rings. The Kier molecular flexibility index (Phi) is 4.50. The summed E-state index contributed by atoms with van der Waals surface area (Å²) >= 11 is 5.86. The fourth-order valence-electron chi connectivity index (χ4n) is 2.04. The lowest BCUT2D eigenvalue weighted by Gasteiger charge is -2.27. The number of nitrogen functional groups attached to an aromatic ring is 1. The van der Waals surface area contributed by atoms with Crippen LogP contribution in [0, 0.1) is 0 Å². The summed E-state index contributed by atoms with van der Waals surface area (Å²) in [4.78, 5) is 4.25. The van der Waals surface area contributed by atoms with E-state index in [0.29, 0.717) is 16.5 Å². The van der Waals surface area contributed by atoms with Gasteiger partial charge in [0.15, 0.2) is 0 Å². The molecule has 0 fully saturated rings. The maximum Gasteiger partial charge on any atom is 0.149 e. The molecule has 0 spiro atoms. The van der Waals surface area contributed by atoms with Crippen LogP contribution in [-0.4, -0.2) is 10.5 Å². The van der Waals surface area contributed by atoms with Gasteiger partial charge in [-0.3, -0.25) is 0 Å². The molecule has 2 aromatic rings. The van der Waals surface area contributed by atoms with Gasteiger partial charge < -0.3 is 11.1 Å². The van der Waals surface area contributed by atoms with E-state index in [1.54, 1.807) is 12.3 Å². The minimum atomic E-state index is -0.0925. The van der Waals surface area contributed by atoms with Crippen LogP contribution in [0.15, 0.2) is 42.6 Å². The van der Waals surface area contributed by atoms with Crippen LogP contribution >= 0.6 is 11.6 Å². The van der Waals surface area contributed by atoms with E-state index in [0.717, 1.165) is 12.8 Å². The molecule has 1 heterocycles. The molecule has 0 amide bonds. The molecule has 0 bridgehead atoms. The quantitative estimate of drug-likeness (QED) is 0.870. The predicted molar refractivity (Wildman–Crippen MR) is 86.1 cm³/mol. The van der Waals surface area contributed by atoms with Gasteiger partial charge in [0.05, 0.1) is 10.7 Å². The molecule has 4 heteroatoms. The maximum absolute atomic E-state index is 5.93. The van der Waals surface area contributed by atoms with E-state index in [1.165, 1.54) is 5.56 Å². The van der Waals surface area contributed by atoms with E-state index in [4.69, 9.17) is 17.3 Å². The number of hydrogen-bond donors (Lipinski definition) is 2. The number of benzene rings is 1. The average molecular weight is 290 g/mol. The first-order valence-corrected chi connectivity index (χ1v) is 7.07. The third-order valence-electron chi connectivity index (χ3n) is 3.22. The van der Waals surface area contributed by atoms with Crippen LogP contribution in [-0.2, 0) is 6.42 Å². The third kappa shape index (κ3) is 4.14. The lowest BCUT2D eigenvalue weighted by Crippen LogP contribution is -2.32. The highest BCUT2D eigenvalue weighted by Crippen LogP contribution is 2.25. The van der Waals surface area contributed by atoms with Crippen molar-refractivity contribution in [3.05, 3.63) is 53.2 Å². The van der Waals surface area contributed by atoms with Crippen LogP contribution in [0.25, 0.3) is 0 Å². The molecule has 1 aromatic carbocycles. The molecule has 0 unspecified atom stereocenters. The second-order valence-electron chi connectivity index (χ2n) is 5.59. The van der Waals surface area contributed by atoms with Crippen molar-refractivity contribution in [3.8, 4) is 0 Å². The number of anilines is 2. The first-order valence-electron chi connectivity index (χ1n) is 6.69. The fourth-order valence-corrected chi connectivity index (χ4v) is 2.21. The molecule has 3 N–H and O–H groups in total. The van der Waals surface area contributed by atoms with Gasteiger partial charge in [-0.15, -0.1) is 0 Å². The third-order valence-corrected chi connectivity index (χ3v) is 3.43. The summed E-state index contributed by atoms with van der Waals surface area (Å²) in [6, 6.07) is 12.2. The van der Waals surface area contributed by atoms with E-state index in [-0.39, 0.29) is 5.54 Å². The molecule has 106 valence electrons. The molecule has 2 rings (SSSR count). The van der Waals surface area contributed by atoms with Gasteiger partial charge in [0.1, 0.15) is 5.82 Å². The van der Waals surface area contributed by atoms with Crippen molar-refractivity contribution < 1.29 is 0 Å². The molecular formula is C16H20ClN3. The Balaban J connectivity index is 2.00. The molecular weight excluding hydrogens is 270 g/mol. The molecule has 0 radical (unpaired) electrons. The maximum atomic E-state index is 5.93. The minimum Gasteiger partial charge on any atom is -0.396 e. The Bertz CT molecular complexity index is 567. The molecule has 3 nitrogen and oxygen atoms in total. The normalized spacial score (nSPS) is 11.3. The Morgan fingerprint density at radius 3 is 2.60 bits per heavy atom. The van der Waals surface area contributed by atoms with E-state index >= 15 is 0 Å². The number of nitrogens with zero attached hydrogens (tertiary/aromatic N) is 1. The molecule has 20 heavy (non-hydrogen) atoms. The zero-order chi connectivity index (χ0) is 14.6. The summed E-state index contributed by atoms with van der Waals surface area (Å²) in [6.07, 6.45) is 3.60. The van der Waals surface area contributed by atoms with Crippen LogP contribution in [0.2, 0.25) is 5.02 Å². The van der Waals surface area contributed by atoms with Crippen molar-refractivity contribution in [2.24, 2.45) is 0 Å². The number of halogens is 1. The number of aryl methyl sites for hydroxylation is 1. The van der Waals surface area contributed by atoms with Gasteiger partial charge >= 0.3 is 0 Å². The number of pyridine rings is 1. The van der Waals surface area contributed by atoms with Crippen molar-refractivity contribution in [2.75, 3.05) is 11.1 Å². The summed E-state index contributed by atoms with van der Waals surface area (Å²) in [5.41, 5.74) is 7.74. The Morgan fingerprint density at radius 1 is 1.25 bits per heavy atom. The van der Waals surface area contributed by atoms with Gasteiger partial charge in [0.2, 0.25) is 0 Å². The topological polar surface area (TPSA) is 50.9 Å². The Labute approximate surface area is 125 Å². The second-order valence-corrected chi connectivity index (χ2v) is 6.02. The number of aromatic nitrogens is 1. The predicted octanol–water partition coefficient (Wildman–Crippen LogP) is 4.14. The van der Waals surface area contributed by atoms with Gasteiger partial charge in [-0.25, -0.2) is 4.98 Å². The summed E-state index contributed by atoms with van der Waals surface area (Å²) < 4.78 is 0. The Hall–Kier alpha value is -1.74. The zero-order valence-electron chi connectivity index (χ0n) is 11.9. The summed E-state index contributed by atoms with van der Waals surface area (Å²) in [5, 5.41) is 3.94. The molecule has 1 aromatic heterocycles.